The van der Waals surface area contributed by atoms with Gasteiger partial charge in [-0.25, -0.2) is 8.78 Å². The van der Waals surface area contributed by atoms with Gasteiger partial charge in [0.1, 0.15) is 0 Å². The highest BCUT2D eigenvalue weighted by Crippen LogP contribution is 2.29. The van der Waals surface area contributed by atoms with Gasteiger partial charge in [-0.1, -0.05) is 17.3 Å². The van der Waals surface area contributed by atoms with E-state index in [1.54, 1.807) is 18.5 Å². The molecule has 0 saturated carbocycles. The van der Waals surface area contributed by atoms with Crippen LogP contribution in [0, 0.1) is 11.6 Å². The van der Waals surface area contributed by atoms with E-state index in [0.29, 0.717) is 30.4 Å². The Kier molecular flexibility index (Phi) is 4.23. The molecule has 1 aliphatic rings. The molecule has 3 heterocycles. The van der Waals surface area contributed by atoms with Gasteiger partial charge in [0, 0.05) is 36.6 Å². The zero-order chi connectivity index (χ0) is 17.2. The molecule has 1 aliphatic heterocycles. The van der Waals surface area contributed by atoms with Crippen molar-refractivity contribution in [3.63, 3.8) is 0 Å². The molecule has 0 spiro atoms. The molecule has 4 rings (SSSR count). The predicted molar refractivity (Wildman–Crippen MR) is 86.5 cm³/mol. The fourth-order valence-electron chi connectivity index (χ4n) is 3.10. The molecule has 1 aromatic carbocycles. The smallest absolute Gasteiger partial charge is 0.231 e. The van der Waals surface area contributed by atoms with Crippen LogP contribution < -0.4 is 0 Å². The molecular formula is C18H16F2N4O. The first-order valence-corrected chi connectivity index (χ1v) is 8.10. The zero-order valence-electron chi connectivity index (χ0n) is 13.4. The maximum atomic E-state index is 13.8. The van der Waals surface area contributed by atoms with E-state index in [2.05, 4.69) is 20.0 Å². The number of hydrogen-bond acceptors (Lipinski definition) is 5. The Morgan fingerprint density at radius 3 is 2.96 bits per heavy atom. The summed E-state index contributed by atoms with van der Waals surface area (Å²) in [6.45, 7) is 1.81. The van der Waals surface area contributed by atoms with Gasteiger partial charge in [0.2, 0.25) is 11.7 Å². The molecule has 3 aromatic rings. The van der Waals surface area contributed by atoms with E-state index in [0.717, 1.165) is 24.6 Å². The molecule has 0 N–H and O–H groups in total. The molecule has 128 valence electrons. The second kappa shape index (κ2) is 6.68. The van der Waals surface area contributed by atoms with Crippen LogP contribution in [0.15, 0.2) is 47.2 Å². The molecule has 2 aromatic heterocycles. The van der Waals surface area contributed by atoms with E-state index in [1.807, 2.05) is 12.1 Å². The molecular weight excluding hydrogens is 326 g/mol. The first-order valence-electron chi connectivity index (χ1n) is 8.10. The summed E-state index contributed by atoms with van der Waals surface area (Å²) < 4.78 is 32.5. The zero-order valence-corrected chi connectivity index (χ0v) is 13.4. The van der Waals surface area contributed by atoms with E-state index in [9.17, 15) is 8.78 Å². The molecule has 0 aliphatic carbocycles. The molecule has 0 unspecified atom stereocenters. The van der Waals surface area contributed by atoms with Crippen molar-refractivity contribution in [1.82, 2.24) is 20.0 Å². The quantitative estimate of drug-likeness (QED) is 0.727. The summed E-state index contributed by atoms with van der Waals surface area (Å²) >= 11 is 0. The van der Waals surface area contributed by atoms with Crippen molar-refractivity contribution in [3.05, 3.63) is 65.8 Å². The number of nitrogens with zero attached hydrogens (tertiary/aromatic N) is 4. The number of aromatic nitrogens is 3. The Labute approximate surface area is 143 Å². The molecule has 1 fully saturated rings. The average Bonchev–Trinajstić information content (AvgIpc) is 3.29. The lowest BCUT2D eigenvalue weighted by Gasteiger charge is -2.15. The van der Waals surface area contributed by atoms with Crippen LogP contribution in [0.5, 0.6) is 0 Å². The fraction of sp³-hybridized carbons (Fsp3) is 0.278. The molecule has 5 nitrogen and oxygen atoms in total. The van der Waals surface area contributed by atoms with Crippen LogP contribution in [-0.4, -0.2) is 33.1 Å². The van der Waals surface area contributed by atoms with Gasteiger partial charge in [-0.2, -0.15) is 4.98 Å². The van der Waals surface area contributed by atoms with Crippen LogP contribution >= 0.6 is 0 Å². The maximum Gasteiger partial charge on any atom is 0.231 e. The van der Waals surface area contributed by atoms with Crippen LogP contribution in [0.1, 0.15) is 23.8 Å². The van der Waals surface area contributed by atoms with Crippen molar-refractivity contribution in [2.75, 3.05) is 13.1 Å². The summed E-state index contributed by atoms with van der Waals surface area (Å²) in [5.74, 6) is -0.415. The third-order valence-electron chi connectivity index (χ3n) is 4.41. The van der Waals surface area contributed by atoms with E-state index < -0.39 is 11.6 Å². The maximum absolute atomic E-state index is 13.8. The topological polar surface area (TPSA) is 55.1 Å². The molecule has 7 heteroatoms. The molecule has 1 saturated heterocycles. The Morgan fingerprint density at radius 1 is 1.20 bits per heavy atom. The Morgan fingerprint density at radius 2 is 2.12 bits per heavy atom. The second-order valence-electron chi connectivity index (χ2n) is 6.13. The summed E-state index contributed by atoms with van der Waals surface area (Å²) in [6.07, 6.45) is 4.21. The van der Waals surface area contributed by atoms with E-state index in [1.165, 1.54) is 6.07 Å². The van der Waals surface area contributed by atoms with Crippen molar-refractivity contribution < 1.29 is 13.3 Å². The molecule has 0 radical (unpaired) electrons. The van der Waals surface area contributed by atoms with Crippen LogP contribution in [-0.2, 0) is 6.54 Å². The summed E-state index contributed by atoms with van der Waals surface area (Å²) in [5.41, 5.74) is 1.16. The third-order valence-corrected chi connectivity index (χ3v) is 4.41. The van der Waals surface area contributed by atoms with E-state index >= 15 is 0 Å². The van der Waals surface area contributed by atoms with Crippen molar-refractivity contribution >= 4 is 0 Å². The normalized spacial score (nSPS) is 17.9. The monoisotopic (exact) mass is 342 g/mol. The van der Waals surface area contributed by atoms with Crippen LogP contribution in [0.4, 0.5) is 8.78 Å². The Hall–Kier alpha value is -2.67. The number of halogens is 2. The predicted octanol–water partition coefficient (Wildman–Crippen LogP) is 3.40. The molecule has 25 heavy (non-hydrogen) atoms. The molecule has 1 atom stereocenters. The van der Waals surface area contributed by atoms with Crippen LogP contribution in [0.3, 0.4) is 0 Å². The van der Waals surface area contributed by atoms with Gasteiger partial charge in [-0.05, 0) is 31.2 Å². The Bertz CT molecular complexity index is 869. The highest BCUT2D eigenvalue weighted by Gasteiger charge is 2.29. The van der Waals surface area contributed by atoms with Crippen molar-refractivity contribution in [2.24, 2.45) is 0 Å². The largest absolute Gasteiger partial charge is 0.339 e. The standard InChI is InChI=1S/C18H16F2N4O/c19-15-5-1-3-13(16(15)20)10-24-8-6-14(11-24)18-22-17(23-25-18)12-4-2-7-21-9-12/h1-5,7,9,14H,6,8,10-11H2/t14-/m1/s1. The van der Waals surface area contributed by atoms with Crippen LogP contribution in [0.25, 0.3) is 11.4 Å². The lowest BCUT2D eigenvalue weighted by molar-refractivity contribution is 0.303. The molecule has 0 amide bonds. The van der Waals surface area contributed by atoms with Gasteiger partial charge in [0.15, 0.2) is 11.6 Å². The van der Waals surface area contributed by atoms with Crippen molar-refractivity contribution in [3.8, 4) is 11.4 Å². The summed E-state index contributed by atoms with van der Waals surface area (Å²) in [5, 5.41) is 4.01. The number of benzene rings is 1. The van der Waals surface area contributed by atoms with E-state index in [4.69, 9.17) is 4.52 Å². The number of rotatable bonds is 4. The highest BCUT2D eigenvalue weighted by molar-refractivity contribution is 5.51. The van der Waals surface area contributed by atoms with Gasteiger partial charge < -0.3 is 4.52 Å². The summed E-state index contributed by atoms with van der Waals surface area (Å²) in [7, 11) is 0. The highest BCUT2D eigenvalue weighted by atomic mass is 19.2. The Balaban J connectivity index is 1.44. The van der Waals surface area contributed by atoms with Gasteiger partial charge in [-0.3, -0.25) is 9.88 Å². The SMILES string of the molecule is Fc1cccc(CN2CC[C@@H](c3nc(-c4cccnc4)no3)C2)c1F. The van der Waals surface area contributed by atoms with E-state index in [-0.39, 0.29) is 5.92 Å². The lowest BCUT2D eigenvalue weighted by atomic mass is 10.1. The number of hydrogen-bond donors (Lipinski definition) is 0. The number of pyridine rings is 1. The summed E-state index contributed by atoms with van der Waals surface area (Å²) in [4.78, 5) is 10.6. The lowest BCUT2D eigenvalue weighted by Crippen LogP contribution is -2.20. The average molecular weight is 342 g/mol. The minimum atomic E-state index is -0.814. The first-order chi connectivity index (χ1) is 12.2. The minimum absolute atomic E-state index is 0.0922. The van der Waals surface area contributed by atoms with Crippen molar-refractivity contribution in [1.29, 1.82) is 0 Å². The van der Waals surface area contributed by atoms with Crippen LogP contribution in [0.2, 0.25) is 0 Å². The second-order valence-corrected chi connectivity index (χ2v) is 6.13. The van der Waals surface area contributed by atoms with Gasteiger partial charge >= 0.3 is 0 Å². The fourth-order valence-corrected chi connectivity index (χ4v) is 3.10. The molecule has 0 bridgehead atoms. The van der Waals surface area contributed by atoms with Gasteiger partial charge in [-0.15, -0.1) is 0 Å². The summed E-state index contributed by atoms with van der Waals surface area (Å²) in [6, 6.07) is 7.95. The number of likely N-dealkylation sites (tertiary alicyclic amines) is 1. The van der Waals surface area contributed by atoms with Gasteiger partial charge in [0.05, 0.1) is 5.92 Å². The minimum Gasteiger partial charge on any atom is -0.339 e. The third kappa shape index (κ3) is 3.28. The first kappa shape index (κ1) is 15.8. The van der Waals surface area contributed by atoms with Crippen molar-refractivity contribution in [2.45, 2.75) is 18.9 Å². The van der Waals surface area contributed by atoms with Gasteiger partial charge in [0.25, 0.3) is 0 Å².